The van der Waals surface area contributed by atoms with Gasteiger partial charge in [0.2, 0.25) is 0 Å². The van der Waals surface area contributed by atoms with Crippen LogP contribution in [0.5, 0.6) is 0 Å². The van der Waals surface area contributed by atoms with Gasteiger partial charge in [0.15, 0.2) is 0 Å². The molecule has 0 bridgehead atoms. The van der Waals surface area contributed by atoms with E-state index >= 15 is 0 Å². The quantitative estimate of drug-likeness (QED) is 0.777. The molecule has 0 radical (unpaired) electrons. The van der Waals surface area contributed by atoms with Crippen molar-refractivity contribution in [1.82, 2.24) is 5.32 Å². The van der Waals surface area contributed by atoms with Crippen LogP contribution in [0.15, 0.2) is 54.6 Å². The molecule has 0 aliphatic rings. The van der Waals surface area contributed by atoms with Crippen LogP contribution in [0.3, 0.4) is 0 Å². The maximum absolute atomic E-state index is 3.60. The lowest BCUT2D eigenvalue weighted by Gasteiger charge is -2.18. The first kappa shape index (κ1) is 14.8. The largest absolute Gasteiger partial charge is 0.310 e. The second kappa shape index (κ2) is 7.86. The summed E-state index contributed by atoms with van der Waals surface area (Å²) in [5.74, 6) is 0. The van der Waals surface area contributed by atoms with Crippen LogP contribution in [0.4, 0.5) is 0 Å². The van der Waals surface area contributed by atoms with Crippen molar-refractivity contribution in [2.75, 3.05) is 6.54 Å². The Bertz CT molecular complexity index is 504. The number of benzene rings is 2. The maximum atomic E-state index is 3.60. The van der Waals surface area contributed by atoms with E-state index in [0.29, 0.717) is 6.04 Å². The zero-order valence-electron chi connectivity index (χ0n) is 12.6. The van der Waals surface area contributed by atoms with E-state index in [4.69, 9.17) is 0 Å². The Hall–Kier alpha value is -1.60. The lowest BCUT2D eigenvalue weighted by atomic mass is 9.98. The first-order chi connectivity index (χ1) is 9.83. The zero-order valence-corrected chi connectivity index (χ0v) is 12.6. The third-order valence-corrected chi connectivity index (χ3v) is 3.77. The second-order valence-electron chi connectivity index (χ2n) is 5.23. The van der Waals surface area contributed by atoms with Gasteiger partial charge in [0.25, 0.3) is 0 Å². The highest BCUT2D eigenvalue weighted by atomic mass is 14.9. The van der Waals surface area contributed by atoms with Gasteiger partial charge in [-0.25, -0.2) is 0 Å². The predicted molar refractivity (Wildman–Crippen MR) is 87.0 cm³/mol. The summed E-state index contributed by atoms with van der Waals surface area (Å²) >= 11 is 0. The fraction of sp³-hybridized carbons (Fsp3) is 0.368. The van der Waals surface area contributed by atoms with Gasteiger partial charge >= 0.3 is 0 Å². The number of aryl methyl sites for hydroxylation is 2. The number of rotatable bonds is 7. The fourth-order valence-corrected chi connectivity index (χ4v) is 2.63. The van der Waals surface area contributed by atoms with Gasteiger partial charge < -0.3 is 5.32 Å². The van der Waals surface area contributed by atoms with E-state index in [9.17, 15) is 0 Å². The Morgan fingerprint density at radius 2 is 1.65 bits per heavy atom. The molecule has 0 fully saturated rings. The standard InChI is InChI=1S/C19H25N/c1-3-16-9-8-10-17(15-16)13-14-19(20-4-2)18-11-6-5-7-12-18/h5-12,15,19-20H,3-4,13-14H2,1-2H3. The van der Waals surface area contributed by atoms with E-state index in [-0.39, 0.29) is 0 Å². The Morgan fingerprint density at radius 3 is 2.35 bits per heavy atom. The molecule has 0 heterocycles. The van der Waals surface area contributed by atoms with Crippen LogP contribution >= 0.6 is 0 Å². The van der Waals surface area contributed by atoms with Gasteiger partial charge in [-0.1, -0.05) is 68.4 Å². The third kappa shape index (κ3) is 4.21. The van der Waals surface area contributed by atoms with Crippen molar-refractivity contribution < 1.29 is 0 Å². The van der Waals surface area contributed by atoms with Crippen LogP contribution in [0.1, 0.15) is 43.0 Å². The molecule has 1 atom stereocenters. The smallest absolute Gasteiger partial charge is 0.0323 e. The molecule has 0 aliphatic heterocycles. The van der Waals surface area contributed by atoms with Gasteiger partial charge in [0.1, 0.15) is 0 Å². The molecule has 1 nitrogen and oxygen atoms in total. The lowest BCUT2D eigenvalue weighted by molar-refractivity contribution is 0.515. The number of nitrogens with one attached hydrogen (secondary N) is 1. The third-order valence-electron chi connectivity index (χ3n) is 3.77. The van der Waals surface area contributed by atoms with Crippen molar-refractivity contribution in [1.29, 1.82) is 0 Å². The topological polar surface area (TPSA) is 12.0 Å². The highest BCUT2D eigenvalue weighted by Crippen LogP contribution is 2.19. The summed E-state index contributed by atoms with van der Waals surface area (Å²) in [6.45, 7) is 5.40. The fourth-order valence-electron chi connectivity index (χ4n) is 2.63. The van der Waals surface area contributed by atoms with Crippen molar-refractivity contribution in [2.24, 2.45) is 0 Å². The van der Waals surface area contributed by atoms with Crippen molar-refractivity contribution in [3.63, 3.8) is 0 Å². The summed E-state index contributed by atoms with van der Waals surface area (Å²) in [4.78, 5) is 0. The minimum atomic E-state index is 0.450. The normalized spacial score (nSPS) is 12.3. The highest BCUT2D eigenvalue weighted by molar-refractivity contribution is 5.24. The summed E-state index contributed by atoms with van der Waals surface area (Å²) in [6.07, 6.45) is 3.38. The molecule has 2 aromatic carbocycles. The van der Waals surface area contributed by atoms with E-state index in [0.717, 1.165) is 25.8 Å². The molecule has 0 saturated heterocycles. The molecule has 1 N–H and O–H groups in total. The number of hydrogen-bond donors (Lipinski definition) is 1. The van der Waals surface area contributed by atoms with E-state index in [2.05, 4.69) is 73.8 Å². The summed E-state index contributed by atoms with van der Waals surface area (Å²) in [5, 5.41) is 3.60. The highest BCUT2D eigenvalue weighted by Gasteiger charge is 2.09. The number of hydrogen-bond acceptors (Lipinski definition) is 1. The molecule has 0 aliphatic carbocycles. The van der Waals surface area contributed by atoms with Gasteiger partial charge in [-0.15, -0.1) is 0 Å². The molecule has 0 aromatic heterocycles. The Morgan fingerprint density at radius 1 is 0.900 bits per heavy atom. The molecule has 0 spiro atoms. The van der Waals surface area contributed by atoms with Crippen LogP contribution in [0.25, 0.3) is 0 Å². The van der Waals surface area contributed by atoms with E-state index in [1.807, 2.05) is 0 Å². The van der Waals surface area contributed by atoms with Gasteiger partial charge in [-0.3, -0.25) is 0 Å². The average Bonchev–Trinajstić information content (AvgIpc) is 2.52. The van der Waals surface area contributed by atoms with Crippen LogP contribution < -0.4 is 5.32 Å². The molecule has 0 saturated carbocycles. The average molecular weight is 267 g/mol. The SMILES string of the molecule is CCNC(CCc1cccc(CC)c1)c1ccccc1. The summed E-state index contributed by atoms with van der Waals surface area (Å²) in [5.41, 5.74) is 4.27. The Kier molecular flexibility index (Phi) is 5.82. The van der Waals surface area contributed by atoms with Crippen LogP contribution in [-0.2, 0) is 12.8 Å². The maximum Gasteiger partial charge on any atom is 0.0323 e. The van der Waals surface area contributed by atoms with Crippen LogP contribution in [-0.4, -0.2) is 6.54 Å². The van der Waals surface area contributed by atoms with Gasteiger partial charge in [0, 0.05) is 6.04 Å². The Labute approximate surface area is 123 Å². The van der Waals surface area contributed by atoms with Gasteiger partial charge in [-0.05, 0) is 42.5 Å². The van der Waals surface area contributed by atoms with Crippen molar-refractivity contribution in [2.45, 2.75) is 39.2 Å². The van der Waals surface area contributed by atoms with E-state index in [1.54, 1.807) is 0 Å². The monoisotopic (exact) mass is 267 g/mol. The minimum absolute atomic E-state index is 0.450. The van der Waals surface area contributed by atoms with Crippen LogP contribution in [0.2, 0.25) is 0 Å². The first-order valence-electron chi connectivity index (χ1n) is 7.69. The molecule has 2 aromatic rings. The zero-order chi connectivity index (χ0) is 14.2. The predicted octanol–water partition coefficient (Wildman–Crippen LogP) is 4.53. The first-order valence-corrected chi connectivity index (χ1v) is 7.69. The molecule has 106 valence electrons. The lowest BCUT2D eigenvalue weighted by Crippen LogP contribution is -2.21. The summed E-state index contributed by atoms with van der Waals surface area (Å²) in [7, 11) is 0. The molecule has 20 heavy (non-hydrogen) atoms. The van der Waals surface area contributed by atoms with Gasteiger partial charge in [-0.2, -0.15) is 0 Å². The Balaban J connectivity index is 2.02. The van der Waals surface area contributed by atoms with Crippen molar-refractivity contribution in [3.05, 3.63) is 71.3 Å². The van der Waals surface area contributed by atoms with Crippen LogP contribution in [0, 0.1) is 0 Å². The molecular weight excluding hydrogens is 242 g/mol. The molecule has 0 amide bonds. The van der Waals surface area contributed by atoms with E-state index in [1.165, 1.54) is 16.7 Å². The van der Waals surface area contributed by atoms with E-state index < -0.39 is 0 Å². The van der Waals surface area contributed by atoms with Crippen molar-refractivity contribution in [3.8, 4) is 0 Å². The molecular formula is C19H25N. The summed E-state index contributed by atoms with van der Waals surface area (Å²) in [6, 6.07) is 20.2. The molecule has 2 rings (SSSR count). The molecule has 1 unspecified atom stereocenters. The minimum Gasteiger partial charge on any atom is -0.310 e. The molecule has 1 heteroatoms. The summed E-state index contributed by atoms with van der Waals surface area (Å²) < 4.78 is 0. The van der Waals surface area contributed by atoms with Crippen molar-refractivity contribution >= 4 is 0 Å². The van der Waals surface area contributed by atoms with Gasteiger partial charge in [0.05, 0.1) is 0 Å². The second-order valence-corrected chi connectivity index (χ2v) is 5.23.